The van der Waals surface area contributed by atoms with Crippen LogP contribution in [-0.2, 0) is 6.54 Å². The second-order valence-electron chi connectivity index (χ2n) is 4.92. The number of pyridine rings is 1. The van der Waals surface area contributed by atoms with Crippen molar-refractivity contribution in [2.45, 2.75) is 19.9 Å². The highest BCUT2D eigenvalue weighted by atomic mass is 16.1. The zero-order valence-electron chi connectivity index (χ0n) is 12.7. The zero-order valence-corrected chi connectivity index (χ0v) is 12.7. The topological polar surface area (TPSA) is 63.1 Å². The Kier molecular flexibility index (Phi) is 4.92. The van der Waals surface area contributed by atoms with E-state index in [0.717, 1.165) is 30.0 Å². The van der Waals surface area contributed by atoms with Crippen LogP contribution in [0.5, 0.6) is 0 Å². The summed E-state index contributed by atoms with van der Waals surface area (Å²) in [5, 5.41) is 7.29. The van der Waals surface area contributed by atoms with Gasteiger partial charge in [0.25, 0.3) is 5.56 Å². The third-order valence-corrected chi connectivity index (χ3v) is 3.27. The van der Waals surface area contributed by atoms with Crippen molar-refractivity contribution >= 4 is 11.4 Å². The molecule has 0 aliphatic heterocycles. The summed E-state index contributed by atoms with van der Waals surface area (Å²) in [6.07, 6.45) is 4.47. The zero-order chi connectivity index (χ0) is 15.2. The summed E-state index contributed by atoms with van der Waals surface area (Å²) in [5.74, 6) is 0. The Morgan fingerprint density at radius 3 is 2.86 bits per heavy atom. The Morgan fingerprint density at radius 1 is 1.38 bits per heavy atom. The molecule has 6 heteroatoms. The fraction of sp³-hybridized carbons (Fsp3) is 0.400. The molecular weight excluding hydrogens is 266 g/mol. The number of hydrogen-bond donors (Lipinski definition) is 1. The van der Waals surface area contributed by atoms with Crippen LogP contribution >= 0.6 is 0 Å². The van der Waals surface area contributed by atoms with Crippen LogP contribution in [0.2, 0.25) is 0 Å². The number of aromatic nitrogens is 3. The van der Waals surface area contributed by atoms with Gasteiger partial charge in [0.1, 0.15) is 0 Å². The first-order chi connectivity index (χ1) is 10.1. The van der Waals surface area contributed by atoms with Gasteiger partial charge in [-0.2, -0.15) is 5.10 Å². The van der Waals surface area contributed by atoms with Gasteiger partial charge in [0.2, 0.25) is 0 Å². The maximum absolute atomic E-state index is 12.1. The van der Waals surface area contributed by atoms with E-state index in [4.69, 9.17) is 0 Å². The van der Waals surface area contributed by atoms with Crippen molar-refractivity contribution in [2.75, 3.05) is 30.9 Å². The molecule has 0 aliphatic carbocycles. The third kappa shape index (κ3) is 3.81. The molecule has 6 nitrogen and oxygen atoms in total. The van der Waals surface area contributed by atoms with Crippen molar-refractivity contribution < 1.29 is 0 Å². The van der Waals surface area contributed by atoms with Crippen LogP contribution in [0.3, 0.4) is 0 Å². The molecule has 0 fully saturated rings. The minimum atomic E-state index is -0.118. The number of anilines is 2. The molecule has 0 saturated heterocycles. The van der Waals surface area contributed by atoms with Crippen LogP contribution in [0.1, 0.15) is 19.0 Å². The summed E-state index contributed by atoms with van der Waals surface area (Å²) in [7, 11) is 3.81. The fourth-order valence-corrected chi connectivity index (χ4v) is 2.09. The molecule has 0 amide bonds. The lowest BCUT2D eigenvalue weighted by Gasteiger charge is -2.17. The van der Waals surface area contributed by atoms with Gasteiger partial charge >= 0.3 is 0 Å². The van der Waals surface area contributed by atoms with Gasteiger partial charge in [0, 0.05) is 38.6 Å². The van der Waals surface area contributed by atoms with Crippen molar-refractivity contribution in [1.82, 2.24) is 14.8 Å². The van der Waals surface area contributed by atoms with E-state index in [1.54, 1.807) is 18.5 Å². The molecule has 1 N–H and O–H groups in total. The van der Waals surface area contributed by atoms with Gasteiger partial charge < -0.3 is 10.2 Å². The highest BCUT2D eigenvalue weighted by Gasteiger charge is 2.05. The Bertz CT molecular complexity index is 653. The summed E-state index contributed by atoms with van der Waals surface area (Å²) in [6.45, 7) is 3.37. The minimum Gasteiger partial charge on any atom is -0.388 e. The lowest BCUT2D eigenvalue weighted by molar-refractivity contribution is 0.626. The molecule has 0 bridgehead atoms. The van der Waals surface area contributed by atoms with E-state index in [9.17, 15) is 4.79 Å². The predicted molar refractivity (Wildman–Crippen MR) is 84.9 cm³/mol. The molecule has 2 heterocycles. The van der Waals surface area contributed by atoms with Gasteiger partial charge in [-0.1, -0.05) is 6.92 Å². The van der Waals surface area contributed by atoms with E-state index >= 15 is 0 Å². The molecule has 21 heavy (non-hydrogen) atoms. The molecule has 0 atom stereocenters. The Labute approximate surface area is 124 Å². The molecular formula is C15H21N5O. The van der Waals surface area contributed by atoms with Crippen LogP contribution < -0.4 is 15.8 Å². The highest BCUT2D eigenvalue weighted by Crippen LogP contribution is 2.09. The van der Waals surface area contributed by atoms with Crippen molar-refractivity contribution in [2.24, 2.45) is 0 Å². The van der Waals surface area contributed by atoms with Gasteiger partial charge in [0.05, 0.1) is 24.1 Å². The van der Waals surface area contributed by atoms with Gasteiger partial charge in [-0.25, -0.2) is 4.68 Å². The smallest absolute Gasteiger partial charge is 0.269 e. The van der Waals surface area contributed by atoms with Gasteiger partial charge in [-0.3, -0.25) is 9.78 Å². The van der Waals surface area contributed by atoms with E-state index in [-0.39, 0.29) is 5.56 Å². The number of hydrogen-bond acceptors (Lipinski definition) is 5. The summed E-state index contributed by atoms with van der Waals surface area (Å²) in [4.78, 5) is 18.4. The average Bonchev–Trinajstić information content (AvgIpc) is 2.49. The molecule has 0 unspecified atom stereocenters. The van der Waals surface area contributed by atoms with E-state index in [2.05, 4.69) is 22.3 Å². The monoisotopic (exact) mass is 287 g/mol. The van der Waals surface area contributed by atoms with Crippen molar-refractivity contribution in [1.29, 1.82) is 0 Å². The normalized spacial score (nSPS) is 10.4. The lowest BCUT2D eigenvalue weighted by Crippen LogP contribution is -2.26. The summed E-state index contributed by atoms with van der Waals surface area (Å²) in [5.41, 5.74) is 2.49. The average molecular weight is 287 g/mol. The largest absolute Gasteiger partial charge is 0.388 e. The first-order valence-electron chi connectivity index (χ1n) is 7.05. The molecule has 0 spiro atoms. The highest BCUT2D eigenvalue weighted by molar-refractivity contribution is 5.43. The van der Waals surface area contributed by atoms with E-state index in [1.807, 2.05) is 31.1 Å². The van der Waals surface area contributed by atoms with Crippen molar-refractivity contribution in [3.05, 3.63) is 46.6 Å². The molecule has 0 saturated carbocycles. The van der Waals surface area contributed by atoms with Crippen LogP contribution in [0, 0.1) is 0 Å². The number of rotatable bonds is 6. The Balaban J connectivity index is 2.19. The summed E-state index contributed by atoms with van der Waals surface area (Å²) in [6, 6.07) is 5.40. The van der Waals surface area contributed by atoms with Crippen LogP contribution in [-0.4, -0.2) is 35.4 Å². The Morgan fingerprint density at radius 2 is 2.19 bits per heavy atom. The van der Waals surface area contributed by atoms with Crippen molar-refractivity contribution in [3.63, 3.8) is 0 Å². The SMILES string of the molecule is CCCN(C)c1cnn(Cc2cc(NC)ccn2)c(=O)c1. The third-order valence-electron chi connectivity index (χ3n) is 3.27. The lowest BCUT2D eigenvalue weighted by atomic mass is 10.3. The first kappa shape index (κ1) is 15.0. The maximum Gasteiger partial charge on any atom is 0.269 e. The van der Waals surface area contributed by atoms with E-state index in [0.29, 0.717) is 6.54 Å². The molecule has 2 rings (SSSR count). The van der Waals surface area contributed by atoms with Crippen LogP contribution in [0.25, 0.3) is 0 Å². The quantitative estimate of drug-likeness (QED) is 0.874. The fourth-order valence-electron chi connectivity index (χ4n) is 2.09. The molecule has 0 radical (unpaired) electrons. The van der Waals surface area contributed by atoms with Crippen LogP contribution in [0.15, 0.2) is 35.4 Å². The first-order valence-corrected chi connectivity index (χ1v) is 7.05. The van der Waals surface area contributed by atoms with Crippen molar-refractivity contribution in [3.8, 4) is 0 Å². The predicted octanol–water partition coefficient (Wildman–Crippen LogP) is 1.57. The number of nitrogens with zero attached hydrogens (tertiary/aromatic N) is 4. The standard InChI is InChI=1S/C15H21N5O/c1-4-7-19(3)14-9-15(21)20(18-10-14)11-13-8-12(16-2)5-6-17-13/h5-6,8-10H,4,7,11H2,1-3H3,(H,16,17). The second kappa shape index (κ2) is 6.88. The molecule has 0 aromatic carbocycles. The van der Waals surface area contributed by atoms with E-state index in [1.165, 1.54) is 4.68 Å². The molecule has 112 valence electrons. The summed E-state index contributed by atoms with van der Waals surface area (Å²) >= 11 is 0. The number of nitrogens with one attached hydrogen (secondary N) is 1. The molecule has 0 aliphatic rings. The van der Waals surface area contributed by atoms with Crippen LogP contribution in [0.4, 0.5) is 11.4 Å². The maximum atomic E-state index is 12.1. The molecule has 2 aromatic heterocycles. The summed E-state index contributed by atoms with van der Waals surface area (Å²) < 4.78 is 1.42. The van der Waals surface area contributed by atoms with E-state index < -0.39 is 0 Å². The second-order valence-corrected chi connectivity index (χ2v) is 4.92. The minimum absolute atomic E-state index is 0.118. The van der Waals surface area contributed by atoms with Gasteiger partial charge in [0.15, 0.2) is 0 Å². The Hall–Kier alpha value is -2.37. The van der Waals surface area contributed by atoms with Gasteiger partial charge in [-0.05, 0) is 18.6 Å². The van der Waals surface area contributed by atoms with Gasteiger partial charge in [-0.15, -0.1) is 0 Å². The molecule has 2 aromatic rings.